The molecule has 0 saturated carbocycles. The topological polar surface area (TPSA) is 46.2 Å². The van der Waals surface area contributed by atoms with Gasteiger partial charge in [-0.05, 0) is 34.5 Å². The van der Waals surface area contributed by atoms with E-state index in [0.717, 1.165) is 22.3 Å². The number of benzene rings is 4. The monoisotopic (exact) mass is 554 g/mol. The second-order valence-corrected chi connectivity index (χ2v) is 10.1. The van der Waals surface area contributed by atoms with E-state index in [-0.39, 0.29) is 0 Å². The summed E-state index contributed by atoms with van der Waals surface area (Å²) in [5, 5.41) is 0.349. The van der Waals surface area contributed by atoms with Crippen molar-refractivity contribution in [3.05, 3.63) is 144 Å². The molecule has 1 aliphatic rings. The molecule has 0 aromatic heterocycles. The zero-order chi connectivity index (χ0) is 27.4. The Morgan fingerprint density at radius 3 is 1.38 bits per heavy atom. The van der Waals surface area contributed by atoms with Gasteiger partial charge in [-0.3, -0.25) is 0 Å². The Kier molecular flexibility index (Phi) is 10.4. The Morgan fingerprint density at radius 1 is 0.500 bits per heavy atom. The van der Waals surface area contributed by atoms with Crippen molar-refractivity contribution in [3.63, 3.8) is 0 Å². The molecule has 1 aliphatic heterocycles. The van der Waals surface area contributed by atoms with Crippen LogP contribution in [0.15, 0.2) is 121 Å². The molecule has 1 saturated heterocycles. The summed E-state index contributed by atoms with van der Waals surface area (Å²) in [6.07, 6.45) is -2.03. The van der Waals surface area contributed by atoms with E-state index in [1.54, 1.807) is 0 Å². The first kappa shape index (κ1) is 28.1. The second-order valence-electron chi connectivity index (χ2n) is 9.72. The normalized spacial score (nSPS) is 20.6. The molecule has 0 amide bonds. The van der Waals surface area contributed by atoms with Crippen LogP contribution in [-0.2, 0) is 50.1 Å². The molecule has 0 spiro atoms. The molecular weight excluding hydrogens is 520 g/mol. The highest BCUT2D eigenvalue weighted by atomic mass is 32.1. The van der Waals surface area contributed by atoms with Gasteiger partial charge in [-0.1, -0.05) is 121 Å². The molecule has 6 heteroatoms. The molecule has 5 rings (SSSR count). The Bertz CT molecular complexity index is 1290. The van der Waals surface area contributed by atoms with Gasteiger partial charge in [0.05, 0.1) is 33.0 Å². The lowest BCUT2D eigenvalue weighted by Gasteiger charge is -2.42. The standard InChI is InChI=1S/C34H34O5S/c40-34-33(38-24-29-19-11-4-12-20-29)32(37-23-28-17-9-3-10-18-28)31(36-22-27-15-7-2-8-16-27)30(39-34)25-35-21-26-13-5-1-6-14-26/h1-20,30-33H,21-25H2/t30-,31-,32+,33-/m1/s1. The maximum atomic E-state index is 6.56. The Balaban J connectivity index is 1.36. The predicted octanol–water partition coefficient (Wildman–Crippen LogP) is 6.69. The van der Waals surface area contributed by atoms with Gasteiger partial charge in [-0.25, -0.2) is 0 Å². The lowest BCUT2D eigenvalue weighted by Crippen LogP contribution is -2.59. The molecule has 1 heterocycles. The summed E-state index contributed by atoms with van der Waals surface area (Å²) < 4.78 is 31.9. The van der Waals surface area contributed by atoms with Crippen molar-refractivity contribution in [1.29, 1.82) is 0 Å². The fourth-order valence-corrected chi connectivity index (χ4v) is 4.96. The number of thiocarbonyl (C=S) groups is 1. The van der Waals surface area contributed by atoms with E-state index in [0.29, 0.717) is 38.1 Å². The van der Waals surface area contributed by atoms with Gasteiger partial charge in [0, 0.05) is 0 Å². The molecule has 0 unspecified atom stereocenters. The first-order chi connectivity index (χ1) is 19.8. The summed E-state index contributed by atoms with van der Waals surface area (Å²) in [6, 6.07) is 40.2. The van der Waals surface area contributed by atoms with Gasteiger partial charge < -0.3 is 23.7 Å². The van der Waals surface area contributed by atoms with E-state index in [1.807, 2.05) is 121 Å². The van der Waals surface area contributed by atoms with Gasteiger partial charge in [-0.15, -0.1) is 0 Å². The largest absolute Gasteiger partial charge is 0.476 e. The lowest BCUT2D eigenvalue weighted by atomic mass is 9.99. The lowest BCUT2D eigenvalue weighted by molar-refractivity contribution is -0.194. The Labute approximate surface area is 241 Å². The zero-order valence-corrected chi connectivity index (χ0v) is 23.2. The van der Waals surface area contributed by atoms with E-state index < -0.39 is 24.4 Å². The van der Waals surface area contributed by atoms with E-state index in [9.17, 15) is 0 Å². The van der Waals surface area contributed by atoms with Crippen molar-refractivity contribution in [2.45, 2.75) is 50.8 Å². The average molecular weight is 555 g/mol. The van der Waals surface area contributed by atoms with Crippen molar-refractivity contribution >= 4 is 17.3 Å². The van der Waals surface area contributed by atoms with Crippen LogP contribution in [0.2, 0.25) is 0 Å². The smallest absolute Gasteiger partial charge is 0.192 e. The fraction of sp³-hybridized carbons (Fsp3) is 0.265. The van der Waals surface area contributed by atoms with Crippen LogP contribution in [0.1, 0.15) is 22.3 Å². The van der Waals surface area contributed by atoms with Crippen LogP contribution < -0.4 is 0 Å². The van der Waals surface area contributed by atoms with Crippen LogP contribution in [0.25, 0.3) is 0 Å². The molecule has 0 bridgehead atoms. The summed E-state index contributed by atoms with van der Waals surface area (Å²) in [5.74, 6) is 0. The summed E-state index contributed by atoms with van der Waals surface area (Å²) >= 11 is 5.76. The molecule has 0 N–H and O–H groups in total. The van der Waals surface area contributed by atoms with Gasteiger partial charge in [0.15, 0.2) is 17.3 Å². The predicted molar refractivity (Wildman–Crippen MR) is 159 cm³/mol. The second kappa shape index (κ2) is 14.8. The highest BCUT2D eigenvalue weighted by Crippen LogP contribution is 2.29. The Hall–Kier alpha value is -3.39. The van der Waals surface area contributed by atoms with Crippen LogP contribution in [0.5, 0.6) is 0 Å². The summed E-state index contributed by atoms with van der Waals surface area (Å²) in [4.78, 5) is 0. The number of rotatable bonds is 13. The van der Waals surface area contributed by atoms with E-state index in [4.69, 9.17) is 35.9 Å². The van der Waals surface area contributed by atoms with Crippen molar-refractivity contribution in [2.75, 3.05) is 6.61 Å². The van der Waals surface area contributed by atoms with Crippen LogP contribution in [0.4, 0.5) is 0 Å². The van der Waals surface area contributed by atoms with Crippen LogP contribution >= 0.6 is 12.2 Å². The van der Waals surface area contributed by atoms with Crippen molar-refractivity contribution in [2.24, 2.45) is 0 Å². The minimum absolute atomic E-state index is 0.297. The first-order valence-corrected chi connectivity index (χ1v) is 14.0. The molecule has 0 aliphatic carbocycles. The quantitative estimate of drug-likeness (QED) is 0.172. The number of ether oxygens (including phenoxy) is 5. The Morgan fingerprint density at radius 2 is 0.900 bits per heavy atom. The van der Waals surface area contributed by atoms with Crippen molar-refractivity contribution in [3.8, 4) is 0 Å². The van der Waals surface area contributed by atoms with E-state index >= 15 is 0 Å². The zero-order valence-electron chi connectivity index (χ0n) is 22.3. The van der Waals surface area contributed by atoms with Gasteiger partial charge in [0.25, 0.3) is 0 Å². The van der Waals surface area contributed by atoms with Gasteiger partial charge in [0.2, 0.25) is 0 Å². The third-order valence-corrected chi connectivity index (χ3v) is 7.05. The van der Waals surface area contributed by atoms with Crippen LogP contribution in [-0.4, -0.2) is 36.1 Å². The van der Waals surface area contributed by atoms with Crippen LogP contribution in [0, 0.1) is 0 Å². The maximum absolute atomic E-state index is 6.56. The van der Waals surface area contributed by atoms with E-state index in [1.165, 1.54) is 0 Å². The molecule has 40 heavy (non-hydrogen) atoms. The molecule has 4 aromatic carbocycles. The summed E-state index contributed by atoms with van der Waals surface area (Å²) in [7, 11) is 0. The fourth-order valence-electron chi connectivity index (χ4n) is 4.64. The maximum Gasteiger partial charge on any atom is 0.192 e. The highest BCUT2D eigenvalue weighted by molar-refractivity contribution is 7.80. The molecule has 1 fully saturated rings. The van der Waals surface area contributed by atoms with Gasteiger partial charge >= 0.3 is 0 Å². The molecule has 4 aromatic rings. The van der Waals surface area contributed by atoms with Crippen LogP contribution in [0.3, 0.4) is 0 Å². The third-order valence-electron chi connectivity index (χ3n) is 6.73. The molecule has 0 radical (unpaired) electrons. The summed E-state index contributed by atoms with van der Waals surface area (Å²) in [5.41, 5.74) is 4.24. The average Bonchev–Trinajstić information content (AvgIpc) is 3.01. The number of hydrogen-bond acceptors (Lipinski definition) is 6. The van der Waals surface area contributed by atoms with Gasteiger partial charge in [0.1, 0.15) is 12.2 Å². The highest BCUT2D eigenvalue weighted by Gasteiger charge is 2.46. The summed E-state index contributed by atoms with van der Waals surface area (Å²) in [6.45, 7) is 1.92. The van der Waals surface area contributed by atoms with E-state index in [2.05, 4.69) is 0 Å². The van der Waals surface area contributed by atoms with Crippen molar-refractivity contribution in [1.82, 2.24) is 0 Å². The first-order valence-electron chi connectivity index (χ1n) is 13.5. The number of hydrogen-bond donors (Lipinski definition) is 0. The molecule has 4 atom stereocenters. The molecular formula is C34H34O5S. The van der Waals surface area contributed by atoms with Crippen molar-refractivity contribution < 1.29 is 23.7 Å². The molecule has 5 nitrogen and oxygen atoms in total. The SMILES string of the molecule is S=C1O[C@H](COCc2ccccc2)[C@@H](OCc2ccccc2)[C@H](OCc2ccccc2)[C@H]1OCc1ccccc1. The minimum atomic E-state index is -0.593. The minimum Gasteiger partial charge on any atom is -0.476 e. The molecule has 206 valence electrons. The third kappa shape index (κ3) is 8.07. The van der Waals surface area contributed by atoms with Gasteiger partial charge in [-0.2, -0.15) is 0 Å².